The van der Waals surface area contributed by atoms with Crippen molar-refractivity contribution < 1.29 is 4.21 Å². The van der Waals surface area contributed by atoms with Gasteiger partial charge in [-0.15, -0.1) is 0 Å². The van der Waals surface area contributed by atoms with E-state index in [4.69, 9.17) is 11.6 Å². The third-order valence-electron chi connectivity index (χ3n) is 2.98. The summed E-state index contributed by atoms with van der Waals surface area (Å²) in [5.74, 6) is 2.99. The molecule has 0 saturated carbocycles. The molecule has 0 spiro atoms. The van der Waals surface area contributed by atoms with Gasteiger partial charge in [-0.05, 0) is 42.7 Å². The molecule has 22 heavy (non-hydrogen) atoms. The van der Waals surface area contributed by atoms with E-state index in [2.05, 4.69) is 23.3 Å². The van der Waals surface area contributed by atoms with Crippen LogP contribution >= 0.6 is 11.6 Å². The molecule has 1 atom stereocenters. The fraction of sp³-hybridized carbons (Fsp3) is 0.158. The molecule has 112 valence electrons. The summed E-state index contributed by atoms with van der Waals surface area (Å²) in [7, 11) is -1.21. The molecule has 0 bridgehead atoms. The third kappa shape index (κ3) is 5.89. The van der Waals surface area contributed by atoms with E-state index in [-0.39, 0.29) is 0 Å². The number of rotatable bonds is 5. The summed E-state index contributed by atoms with van der Waals surface area (Å²) in [6.45, 7) is 0. The zero-order chi connectivity index (χ0) is 15.6. The molecule has 0 amide bonds. The lowest BCUT2D eigenvalue weighted by atomic mass is 10.1. The second kappa shape index (κ2) is 9.25. The van der Waals surface area contributed by atoms with E-state index < -0.39 is 10.8 Å². The van der Waals surface area contributed by atoms with Crippen LogP contribution in [0.4, 0.5) is 0 Å². The van der Waals surface area contributed by atoms with Crippen LogP contribution in [0.3, 0.4) is 0 Å². The molecule has 2 rings (SSSR count). The molecule has 1 nitrogen and oxygen atoms in total. The highest BCUT2D eigenvalue weighted by molar-refractivity contribution is 7.89. The van der Waals surface area contributed by atoms with Gasteiger partial charge in [-0.25, -0.2) is 4.21 Å². The standard InChI is InChI=1S/C19H17ClOS/c20-18-14-12-17(13-15-18)9-5-2-1-3-8-16-22(21)19-10-6-4-7-11-19/h4-7,9-15H,1-3H2. The first-order valence-corrected chi connectivity index (χ1v) is 8.66. The van der Waals surface area contributed by atoms with Gasteiger partial charge in [0.2, 0.25) is 0 Å². The normalized spacial score (nSPS) is 11.9. The van der Waals surface area contributed by atoms with Crippen molar-refractivity contribution in [3.05, 3.63) is 71.3 Å². The maximum absolute atomic E-state index is 11.9. The van der Waals surface area contributed by atoms with Gasteiger partial charge in [0.1, 0.15) is 10.8 Å². The van der Waals surface area contributed by atoms with Crippen LogP contribution < -0.4 is 0 Å². The van der Waals surface area contributed by atoms with Gasteiger partial charge in [-0.3, -0.25) is 0 Å². The van der Waals surface area contributed by atoms with Crippen molar-refractivity contribution in [1.29, 1.82) is 0 Å². The molecule has 0 fully saturated rings. The number of allylic oxidation sites excluding steroid dienone is 1. The third-order valence-corrected chi connectivity index (χ3v) is 4.26. The summed E-state index contributed by atoms with van der Waals surface area (Å²) >= 11 is 5.84. The van der Waals surface area contributed by atoms with Gasteiger partial charge >= 0.3 is 0 Å². The molecule has 0 radical (unpaired) electrons. The smallest absolute Gasteiger partial charge is 0.130 e. The van der Waals surface area contributed by atoms with E-state index >= 15 is 0 Å². The molecule has 1 unspecified atom stereocenters. The van der Waals surface area contributed by atoms with Gasteiger partial charge < -0.3 is 0 Å². The molecule has 0 N–H and O–H groups in total. The highest BCUT2D eigenvalue weighted by Gasteiger charge is 1.96. The Kier molecular flexibility index (Phi) is 6.96. The summed E-state index contributed by atoms with van der Waals surface area (Å²) in [6, 6.07) is 17.0. The molecule has 3 heteroatoms. The van der Waals surface area contributed by atoms with Gasteiger partial charge in [0.25, 0.3) is 0 Å². The van der Waals surface area contributed by atoms with Crippen molar-refractivity contribution in [3.63, 3.8) is 0 Å². The minimum Gasteiger partial charge on any atom is -0.240 e. The Morgan fingerprint density at radius 3 is 2.50 bits per heavy atom. The number of hydrogen-bond acceptors (Lipinski definition) is 1. The average molecular weight is 329 g/mol. The summed E-state index contributed by atoms with van der Waals surface area (Å²) in [6.07, 6.45) is 6.87. The molecule has 0 aromatic heterocycles. The Morgan fingerprint density at radius 1 is 1.05 bits per heavy atom. The Balaban J connectivity index is 1.70. The lowest BCUT2D eigenvalue weighted by Gasteiger charge is -1.94. The van der Waals surface area contributed by atoms with Crippen LogP contribution in [0.15, 0.2) is 65.6 Å². The molecule has 0 aliphatic carbocycles. The number of halogens is 1. The van der Waals surface area contributed by atoms with Crippen molar-refractivity contribution in [1.82, 2.24) is 0 Å². The van der Waals surface area contributed by atoms with Crippen molar-refractivity contribution >= 4 is 28.5 Å². The Labute approximate surface area is 139 Å². The highest BCUT2D eigenvalue weighted by atomic mass is 35.5. The van der Waals surface area contributed by atoms with Crippen LogP contribution in [0.1, 0.15) is 24.8 Å². The first-order chi connectivity index (χ1) is 10.8. The lowest BCUT2D eigenvalue weighted by Crippen LogP contribution is -1.85. The minimum atomic E-state index is -1.21. The molecule has 0 heterocycles. The topological polar surface area (TPSA) is 17.1 Å². The lowest BCUT2D eigenvalue weighted by molar-refractivity contribution is 0.689. The van der Waals surface area contributed by atoms with E-state index in [9.17, 15) is 4.21 Å². The van der Waals surface area contributed by atoms with Crippen LogP contribution in [-0.2, 0) is 10.8 Å². The molecule has 0 aliphatic heterocycles. The second-order valence-corrected chi connectivity index (χ2v) is 6.36. The van der Waals surface area contributed by atoms with E-state index in [0.29, 0.717) is 0 Å². The van der Waals surface area contributed by atoms with Crippen LogP contribution in [0.2, 0.25) is 5.02 Å². The summed E-state index contributed by atoms with van der Waals surface area (Å²) in [4.78, 5) is 0.762. The number of unbranched alkanes of at least 4 members (excludes halogenated alkanes) is 2. The molecule has 0 saturated heterocycles. The summed E-state index contributed by atoms with van der Waals surface area (Å²) in [5, 5.41) is 3.55. The molecule has 2 aromatic rings. The quantitative estimate of drug-likeness (QED) is 0.538. The zero-order valence-electron chi connectivity index (χ0n) is 12.2. The summed E-state index contributed by atoms with van der Waals surface area (Å²) in [5.41, 5.74) is 1.14. The van der Waals surface area contributed by atoms with Crippen molar-refractivity contribution in [2.24, 2.45) is 0 Å². The summed E-state index contributed by atoms with van der Waals surface area (Å²) < 4.78 is 11.9. The average Bonchev–Trinajstić information content (AvgIpc) is 2.56. The SMILES string of the molecule is O=S(C#CCCCC=Cc1ccc(Cl)cc1)c1ccccc1. The number of benzene rings is 2. The van der Waals surface area contributed by atoms with Gasteiger partial charge in [0, 0.05) is 16.7 Å². The van der Waals surface area contributed by atoms with Crippen LogP contribution in [0.5, 0.6) is 0 Å². The monoisotopic (exact) mass is 328 g/mol. The van der Waals surface area contributed by atoms with Crippen molar-refractivity contribution in [3.8, 4) is 11.2 Å². The Hall–Kier alpha value is -1.82. The van der Waals surface area contributed by atoms with E-state index in [1.54, 1.807) is 0 Å². The Bertz CT molecular complexity index is 694. The first-order valence-electron chi connectivity index (χ1n) is 7.13. The molecular weight excluding hydrogens is 312 g/mol. The maximum Gasteiger partial charge on any atom is 0.130 e. The van der Waals surface area contributed by atoms with E-state index in [1.165, 1.54) is 0 Å². The van der Waals surface area contributed by atoms with Gasteiger partial charge in [0.15, 0.2) is 0 Å². The molecule has 0 aliphatic rings. The second-order valence-electron chi connectivity index (χ2n) is 4.71. The fourth-order valence-electron chi connectivity index (χ4n) is 1.82. The van der Waals surface area contributed by atoms with E-state index in [1.807, 2.05) is 54.6 Å². The predicted molar refractivity (Wildman–Crippen MR) is 95.0 cm³/mol. The van der Waals surface area contributed by atoms with Crippen LogP contribution in [-0.4, -0.2) is 4.21 Å². The largest absolute Gasteiger partial charge is 0.240 e. The zero-order valence-corrected chi connectivity index (χ0v) is 13.7. The van der Waals surface area contributed by atoms with Crippen molar-refractivity contribution in [2.75, 3.05) is 0 Å². The van der Waals surface area contributed by atoms with Crippen molar-refractivity contribution in [2.45, 2.75) is 24.2 Å². The molecule has 2 aromatic carbocycles. The van der Waals surface area contributed by atoms with Gasteiger partial charge in [-0.2, -0.15) is 0 Å². The van der Waals surface area contributed by atoms with Crippen LogP contribution in [0, 0.1) is 11.2 Å². The predicted octanol–water partition coefficient (Wildman–Crippen LogP) is 5.29. The van der Waals surface area contributed by atoms with E-state index in [0.717, 1.165) is 34.7 Å². The van der Waals surface area contributed by atoms with Crippen LogP contribution in [0.25, 0.3) is 6.08 Å². The van der Waals surface area contributed by atoms with Gasteiger partial charge in [-0.1, -0.05) is 60.0 Å². The fourth-order valence-corrected chi connectivity index (χ4v) is 2.70. The Morgan fingerprint density at radius 2 is 1.77 bits per heavy atom. The maximum atomic E-state index is 11.9. The highest BCUT2D eigenvalue weighted by Crippen LogP contribution is 2.11. The minimum absolute atomic E-state index is 0.749. The first kappa shape index (κ1) is 16.5. The van der Waals surface area contributed by atoms with Gasteiger partial charge in [0.05, 0.1) is 4.90 Å². The number of hydrogen-bond donors (Lipinski definition) is 0. The molecular formula is C19H17ClOS.